The number of amides is 1. The number of thiophene rings is 1. The van der Waals surface area contributed by atoms with Gasteiger partial charge < -0.3 is 9.47 Å². The number of sulfonamides is 1. The molecule has 35 heavy (non-hydrogen) atoms. The van der Waals surface area contributed by atoms with E-state index in [1.54, 1.807) is 36.4 Å². The van der Waals surface area contributed by atoms with Crippen LogP contribution in [0.1, 0.15) is 16.6 Å². The number of benzene rings is 2. The number of thiazole rings is 1. The number of anilines is 2. The zero-order valence-corrected chi connectivity index (χ0v) is 22.6. The van der Waals surface area contributed by atoms with Gasteiger partial charge in [0, 0.05) is 18.1 Å². The number of rotatable bonds is 8. The molecule has 0 aliphatic heterocycles. The molecule has 0 aliphatic rings. The van der Waals surface area contributed by atoms with Crippen LogP contribution in [0.4, 0.5) is 10.8 Å². The maximum Gasteiger partial charge on any atom is 0.268 e. The van der Waals surface area contributed by atoms with Gasteiger partial charge in [-0.25, -0.2) is 13.4 Å². The Hall–Kier alpha value is -2.57. The van der Waals surface area contributed by atoms with Gasteiger partial charge in [0.05, 0.1) is 34.0 Å². The Morgan fingerprint density at radius 2 is 1.89 bits per heavy atom. The van der Waals surface area contributed by atoms with Gasteiger partial charge in [-0.2, -0.15) is 0 Å². The van der Waals surface area contributed by atoms with Gasteiger partial charge in [-0.3, -0.25) is 14.4 Å². The predicted molar refractivity (Wildman–Crippen MR) is 142 cm³/mol. The van der Waals surface area contributed by atoms with Crippen molar-refractivity contribution in [3.05, 3.63) is 56.7 Å². The lowest BCUT2D eigenvalue weighted by atomic mass is 10.3. The first-order valence-corrected chi connectivity index (χ1v) is 13.9. The SMILES string of the molecule is CCOc1ccc(N(C)S(=O)(=O)c2cc(Cl)sc2C(=O)Nc2nc3cc(Cl)ccc3s2)cc1OC. The van der Waals surface area contributed by atoms with E-state index < -0.39 is 15.9 Å². The summed E-state index contributed by atoms with van der Waals surface area (Å²) in [5.74, 6) is 0.229. The van der Waals surface area contributed by atoms with E-state index in [1.165, 1.54) is 31.6 Å². The van der Waals surface area contributed by atoms with Gasteiger partial charge >= 0.3 is 0 Å². The second-order valence-corrected chi connectivity index (χ2v) is 12.2. The van der Waals surface area contributed by atoms with Crippen molar-refractivity contribution in [3.8, 4) is 11.5 Å². The number of hydrogen-bond donors (Lipinski definition) is 1. The van der Waals surface area contributed by atoms with Crippen LogP contribution >= 0.6 is 45.9 Å². The molecule has 0 radical (unpaired) electrons. The quantitative estimate of drug-likeness (QED) is 0.272. The summed E-state index contributed by atoms with van der Waals surface area (Å²) in [6, 6.07) is 11.2. The Kier molecular flexibility index (Phi) is 7.43. The summed E-state index contributed by atoms with van der Waals surface area (Å²) in [6.07, 6.45) is 0. The van der Waals surface area contributed by atoms with Crippen molar-refractivity contribution >= 4 is 82.8 Å². The maximum atomic E-state index is 13.5. The molecule has 4 aromatic rings. The second kappa shape index (κ2) is 10.2. The van der Waals surface area contributed by atoms with Crippen molar-refractivity contribution in [2.75, 3.05) is 30.4 Å². The van der Waals surface area contributed by atoms with Crippen molar-refractivity contribution in [1.29, 1.82) is 0 Å². The van der Waals surface area contributed by atoms with E-state index in [4.69, 9.17) is 32.7 Å². The summed E-state index contributed by atoms with van der Waals surface area (Å²) >= 11 is 14.3. The number of hydrogen-bond acceptors (Lipinski definition) is 8. The van der Waals surface area contributed by atoms with E-state index in [0.717, 1.165) is 20.3 Å². The van der Waals surface area contributed by atoms with Crippen LogP contribution in [0, 0.1) is 0 Å². The van der Waals surface area contributed by atoms with Crippen LogP contribution in [0.3, 0.4) is 0 Å². The first kappa shape index (κ1) is 25.5. The molecule has 0 unspecified atom stereocenters. The Balaban J connectivity index is 1.65. The predicted octanol–water partition coefficient (Wildman–Crippen LogP) is 6.15. The number of methoxy groups -OCH3 is 1. The molecule has 4 rings (SSSR count). The van der Waals surface area contributed by atoms with Crippen LogP contribution in [0.2, 0.25) is 9.36 Å². The van der Waals surface area contributed by atoms with Gasteiger partial charge in [-0.15, -0.1) is 11.3 Å². The van der Waals surface area contributed by atoms with Crippen molar-refractivity contribution in [2.45, 2.75) is 11.8 Å². The van der Waals surface area contributed by atoms with E-state index in [0.29, 0.717) is 39.5 Å². The topological polar surface area (TPSA) is 97.8 Å². The minimum atomic E-state index is -4.15. The first-order valence-electron chi connectivity index (χ1n) is 10.1. The molecule has 8 nitrogen and oxygen atoms in total. The van der Waals surface area contributed by atoms with Gasteiger partial charge in [0.25, 0.3) is 15.9 Å². The van der Waals surface area contributed by atoms with Crippen LogP contribution in [-0.2, 0) is 10.0 Å². The molecule has 0 atom stereocenters. The van der Waals surface area contributed by atoms with Crippen molar-refractivity contribution < 1.29 is 22.7 Å². The van der Waals surface area contributed by atoms with E-state index in [2.05, 4.69) is 10.3 Å². The number of halogens is 2. The van der Waals surface area contributed by atoms with E-state index >= 15 is 0 Å². The monoisotopic (exact) mass is 571 g/mol. The van der Waals surface area contributed by atoms with E-state index in [1.807, 2.05) is 6.92 Å². The van der Waals surface area contributed by atoms with Crippen LogP contribution in [0.15, 0.2) is 47.4 Å². The number of nitrogens with one attached hydrogen (secondary N) is 1. The highest BCUT2D eigenvalue weighted by atomic mass is 35.5. The molecule has 0 fully saturated rings. The van der Waals surface area contributed by atoms with Gasteiger partial charge in [0.15, 0.2) is 16.6 Å². The summed E-state index contributed by atoms with van der Waals surface area (Å²) in [5.41, 5.74) is 0.945. The molecule has 184 valence electrons. The molecule has 0 saturated carbocycles. The standard InChI is InChI=1S/C22H19Cl2N3O5S3/c1-4-32-15-7-6-13(10-16(15)31-3)27(2)35(29,30)18-11-19(24)34-20(18)21(28)26-22-25-14-9-12(23)5-8-17(14)33-22/h5-11H,4H2,1-3H3,(H,25,26,28). The highest BCUT2D eigenvalue weighted by molar-refractivity contribution is 7.93. The summed E-state index contributed by atoms with van der Waals surface area (Å²) in [4.78, 5) is 17.2. The fourth-order valence-electron chi connectivity index (χ4n) is 3.22. The molecule has 0 bridgehead atoms. The molecule has 0 saturated heterocycles. The molecule has 1 amide bonds. The zero-order chi connectivity index (χ0) is 25.3. The number of aromatic nitrogens is 1. The third kappa shape index (κ3) is 5.19. The molecule has 2 aromatic heterocycles. The number of ether oxygens (including phenoxy) is 2. The van der Waals surface area contributed by atoms with Gasteiger partial charge in [0.2, 0.25) is 0 Å². The lowest BCUT2D eigenvalue weighted by Gasteiger charge is -2.21. The summed E-state index contributed by atoms with van der Waals surface area (Å²) in [7, 11) is -1.30. The molecule has 2 heterocycles. The molecule has 0 aliphatic carbocycles. The minimum Gasteiger partial charge on any atom is -0.493 e. The Labute approximate surface area is 220 Å². The summed E-state index contributed by atoms with van der Waals surface area (Å²) in [6.45, 7) is 2.26. The smallest absolute Gasteiger partial charge is 0.268 e. The first-order chi connectivity index (χ1) is 16.6. The third-order valence-electron chi connectivity index (χ3n) is 4.89. The lowest BCUT2D eigenvalue weighted by molar-refractivity contribution is 0.102. The molecule has 13 heteroatoms. The van der Waals surface area contributed by atoms with Crippen molar-refractivity contribution in [1.82, 2.24) is 4.98 Å². The van der Waals surface area contributed by atoms with Gasteiger partial charge in [-0.05, 0) is 43.3 Å². The third-order valence-corrected chi connectivity index (χ3v) is 9.28. The molecule has 1 N–H and O–H groups in total. The zero-order valence-electron chi connectivity index (χ0n) is 18.7. The van der Waals surface area contributed by atoms with Crippen molar-refractivity contribution in [3.63, 3.8) is 0 Å². The lowest BCUT2D eigenvalue weighted by Crippen LogP contribution is -2.28. The molecule has 0 spiro atoms. The normalized spacial score (nSPS) is 11.5. The number of carbonyl (C=O) groups excluding carboxylic acids is 1. The number of fused-ring (bicyclic) bond motifs is 1. The fraction of sp³-hybridized carbons (Fsp3) is 0.182. The van der Waals surface area contributed by atoms with Crippen molar-refractivity contribution in [2.24, 2.45) is 0 Å². The highest BCUT2D eigenvalue weighted by Gasteiger charge is 2.31. The van der Waals surface area contributed by atoms with Gasteiger partial charge in [0.1, 0.15) is 9.77 Å². The number of nitrogens with zero attached hydrogens (tertiary/aromatic N) is 2. The Morgan fingerprint density at radius 1 is 1.11 bits per heavy atom. The van der Waals surface area contributed by atoms with Crippen LogP contribution in [0.5, 0.6) is 11.5 Å². The molecule has 2 aromatic carbocycles. The maximum absolute atomic E-state index is 13.5. The van der Waals surface area contributed by atoms with Crippen LogP contribution in [-0.4, -0.2) is 40.1 Å². The molecular weight excluding hydrogens is 553 g/mol. The van der Waals surface area contributed by atoms with Crippen LogP contribution in [0.25, 0.3) is 10.2 Å². The molecular formula is C22H19Cl2N3O5S3. The Morgan fingerprint density at radius 3 is 2.60 bits per heavy atom. The average Bonchev–Trinajstić information content (AvgIpc) is 3.41. The second-order valence-electron chi connectivity index (χ2n) is 7.07. The van der Waals surface area contributed by atoms with E-state index in [-0.39, 0.29) is 14.1 Å². The van der Waals surface area contributed by atoms with Crippen LogP contribution < -0.4 is 19.1 Å². The van der Waals surface area contributed by atoms with E-state index in [9.17, 15) is 13.2 Å². The fourth-order valence-corrected chi connectivity index (χ4v) is 7.10. The minimum absolute atomic E-state index is 0.0583. The number of carbonyl (C=O) groups is 1. The van der Waals surface area contributed by atoms with Gasteiger partial charge in [-0.1, -0.05) is 34.5 Å². The average molecular weight is 573 g/mol. The Bertz CT molecular complexity index is 1520. The largest absolute Gasteiger partial charge is 0.493 e. The highest BCUT2D eigenvalue weighted by Crippen LogP contribution is 2.37. The summed E-state index contributed by atoms with van der Waals surface area (Å²) in [5, 5.41) is 3.50. The summed E-state index contributed by atoms with van der Waals surface area (Å²) < 4.78 is 39.9.